The van der Waals surface area contributed by atoms with Crippen LogP contribution in [0.5, 0.6) is 0 Å². The molecule has 0 rings (SSSR count). The Balaban J connectivity index is 4.48. The number of unbranched alkanes of at least 4 members (excludes halogenated alkanes) is 10. The average molecular weight is 755 g/mol. The third-order valence-electron chi connectivity index (χ3n) is 8.68. The number of rotatable bonds is 36. The van der Waals surface area contributed by atoms with Crippen LogP contribution in [0.1, 0.15) is 162 Å². The van der Waals surface area contributed by atoms with Crippen LogP contribution in [0.15, 0.2) is 72.9 Å². The van der Waals surface area contributed by atoms with Crippen molar-refractivity contribution in [2.45, 2.75) is 174 Å². The zero-order chi connectivity index (χ0) is 39.7. The number of nitrogens with one attached hydrogen (secondary N) is 2. The van der Waals surface area contributed by atoms with E-state index in [1.807, 2.05) is 0 Å². The Kier molecular flexibility index (Phi) is 36.3. The fraction of sp³-hybridized carbons (Fsp3) is 0.644. The molecule has 0 fully saturated rings. The van der Waals surface area contributed by atoms with Crippen LogP contribution in [0.4, 0.5) is 0 Å². The van der Waals surface area contributed by atoms with Crippen LogP contribution in [0.3, 0.4) is 0 Å². The van der Waals surface area contributed by atoms with Crippen molar-refractivity contribution in [3.8, 4) is 0 Å². The predicted octanol–water partition coefficient (Wildman–Crippen LogP) is 9.93. The molecule has 0 heterocycles. The molecular formula is C45H74N2O7. The molecule has 0 aliphatic heterocycles. The summed E-state index contributed by atoms with van der Waals surface area (Å²) >= 11 is 0. The quantitative estimate of drug-likeness (QED) is 0.0283. The number of amides is 2. The van der Waals surface area contributed by atoms with Gasteiger partial charge in [-0.15, -0.1) is 0 Å². The van der Waals surface area contributed by atoms with Gasteiger partial charge in [-0.05, 0) is 89.9 Å². The van der Waals surface area contributed by atoms with Crippen LogP contribution in [0, 0.1) is 0 Å². The topological polar surface area (TPSA) is 142 Å². The number of aliphatic hydroxyl groups is 1. The number of hydrogen-bond donors (Lipinski definition) is 4. The number of aliphatic carboxylic acids is 1. The van der Waals surface area contributed by atoms with Crippen molar-refractivity contribution in [3.05, 3.63) is 72.9 Å². The molecule has 0 radical (unpaired) electrons. The molecule has 0 aliphatic rings. The minimum Gasteiger partial charge on any atom is -0.480 e. The molecule has 2 unspecified atom stereocenters. The van der Waals surface area contributed by atoms with Crippen molar-refractivity contribution in [2.75, 3.05) is 13.2 Å². The number of carbonyl (C=O) groups excluding carboxylic acids is 3. The highest BCUT2D eigenvalue weighted by Gasteiger charge is 2.19. The summed E-state index contributed by atoms with van der Waals surface area (Å²) in [5.41, 5.74) is 0. The van der Waals surface area contributed by atoms with Crippen molar-refractivity contribution in [1.82, 2.24) is 10.6 Å². The molecule has 0 aliphatic carbocycles. The first-order valence-electron chi connectivity index (χ1n) is 20.8. The Bertz CT molecular complexity index is 1140. The third kappa shape index (κ3) is 35.3. The molecule has 9 nitrogen and oxygen atoms in total. The van der Waals surface area contributed by atoms with E-state index < -0.39 is 24.5 Å². The molecule has 0 saturated heterocycles. The summed E-state index contributed by atoms with van der Waals surface area (Å²) < 4.78 is 5.97. The van der Waals surface area contributed by atoms with Crippen LogP contribution < -0.4 is 10.6 Å². The lowest BCUT2D eigenvalue weighted by molar-refractivity contribution is -0.150. The number of esters is 1. The fourth-order valence-corrected chi connectivity index (χ4v) is 5.51. The van der Waals surface area contributed by atoms with Crippen molar-refractivity contribution in [3.63, 3.8) is 0 Å². The van der Waals surface area contributed by atoms with Gasteiger partial charge in [-0.25, -0.2) is 4.79 Å². The van der Waals surface area contributed by atoms with Gasteiger partial charge in [0.05, 0.1) is 13.2 Å². The maximum Gasteiger partial charge on any atom is 0.328 e. The van der Waals surface area contributed by atoms with Crippen molar-refractivity contribution >= 4 is 23.8 Å². The lowest BCUT2D eigenvalue weighted by atomic mass is 10.0. The van der Waals surface area contributed by atoms with Crippen LogP contribution in [-0.2, 0) is 23.9 Å². The first kappa shape index (κ1) is 50.3. The van der Waals surface area contributed by atoms with Gasteiger partial charge >= 0.3 is 11.9 Å². The van der Waals surface area contributed by atoms with Crippen LogP contribution >= 0.6 is 0 Å². The Morgan fingerprint density at radius 3 is 1.69 bits per heavy atom. The SMILES string of the molecule is CC/C=C\C/C=C\C/C=C\C/C=C\CCC(CCCCCCCC(=O)NCC(=O)NC(CO)C(=O)O)OC(=O)CCCCCCC/C=C\C/C=C\CCC. The monoisotopic (exact) mass is 755 g/mol. The summed E-state index contributed by atoms with van der Waals surface area (Å²) in [6, 6.07) is -1.39. The summed E-state index contributed by atoms with van der Waals surface area (Å²) in [5.74, 6) is -2.38. The number of ether oxygens (including phenoxy) is 1. The molecule has 0 aromatic rings. The molecule has 0 aromatic carbocycles. The fourth-order valence-electron chi connectivity index (χ4n) is 5.51. The number of hydrogen-bond acceptors (Lipinski definition) is 6. The number of carboxylic acid groups (broad SMARTS) is 1. The Labute approximate surface area is 327 Å². The second kappa shape index (κ2) is 39.0. The van der Waals surface area contributed by atoms with Crippen LogP contribution in [0.25, 0.3) is 0 Å². The Hall–Kier alpha value is -3.72. The summed E-state index contributed by atoms with van der Waals surface area (Å²) in [4.78, 5) is 47.5. The molecule has 0 saturated carbocycles. The zero-order valence-corrected chi connectivity index (χ0v) is 33.7. The lowest BCUT2D eigenvalue weighted by Crippen LogP contribution is -2.47. The molecule has 0 spiro atoms. The lowest BCUT2D eigenvalue weighted by Gasteiger charge is -2.17. The molecule has 0 aromatic heterocycles. The van der Waals surface area contributed by atoms with Crippen molar-refractivity contribution < 1.29 is 34.1 Å². The van der Waals surface area contributed by atoms with Gasteiger partial charge in [0.1, 0.15) is 12.1 Å². The van der Waals surface area contributed by atoms with Gasteiger partial charge in [0.2, 0.25) is 11.8 Å². The minimum absolute atomic E-state index is 0.0984. The number of aliphatic hydroxyl groups excluding tert-OH is 1. The highest BCUT2D eigenvalue weighted by Crippen LogP contribution is 2.17. The average Bonchev–Trinajstić information content (AvgIpc) is 3.15. The molecule has 9 heteroatoms. The van der Waals surface area contributed by atoms with E-state index in [-0.39, 0.29) is 30.9 Å². The van der Waals surface area contributed by atoms with E-state index in [4.69, 9.17) is 14.9 Å². The molecule has 4 N–H and O–H groups in total. The first-order valence-corrected chi connectivity index (χ1v) is 20.8. The van der Waals surface area contributed by atoms with Gasteiger partial charge in [0.15, 0.2) is 0 Å². The maximum absolute atomic E-state index is 12.7. The van der Waals surface area contributed by atoms with Crippen molar-refractivity contribution in [1.29, 1.82) is 0 Å². The largest absolute Gasteiger partial charge is 0.480 e. The smallest absolute Gasteiger partial charge is 0.328 e. The minimum atomic E-state index is -1.39. The zero-order valence-electron chi connectivity index (χ0n) is 33.7. The summed E-state index contributed by atoms with van der Waals surface area (Å²) in [6.07, 6.45) is 47.8. The predicted molar refractivity (Wildman–Crippen MR) is 222 cm³/mol. The highest BCUT2D eigenvalue weighted by atomic mass is 16.5. The highest BCUT2D eigenvalue weighted by molar-refractivity contribution is 5.87. The first-order chi connectivity index (χ1) is 26.3. The Morgan fingerprint density at radius 2 is 1.09 bits per heavy atom. The van der Waals surface area contributed by atoms with Gasteiger partial charge in [0.25, 0.3) is 0 Å². The van der Waals surface area contributed by atoms with Crippen LogP contribution in [0.2, 0.25) is 0 Å². The molecule has 0 bridgehead atoms. The molecular weight excluding hydrogens is 681 g/mol. The normalized spacial score (nSPS) is 13.2. The summed E-state index contributed by atoms with van der Waals surface area (Å²) in [6.45, 7) is 3.27. The molecule has 54 heavy (non-hydrogen) atoms. The summed E-state index contributed by atoms with van der Waals surface area (Å²) in [5, 5.41) is 22.5. The van der Waals surface area contributed by atoms with E-state index in [2.05, 4.69) is 97.4 Å². The third-order valence-corrected chi connectivity index (χ3v) is 8.68. The number of allylic oxidation sites excluding steroid dienone is 12. The Morgan fingerprint density at radius 1 is 0.574 bits per heavy atom. The van der Waals surface area contributed by atoms with Gasteiger partial charge in [-0.2, -0.15) is 0 Å². The molecule has 2 amide bonds. The van der Waals surface area contributed by atoms with Crippen molar-refractivity contribution in [2.24, 2.45) is 0 Å². The second-order valence-corrected chi connectivity index (χ2v) is 13.7. The van der Waals surface area contributed by atoms with Gasteiger partial charge in [-0.1, -0.05) is 132 Å². The molecule has 306 valence electrons. The number of carbonyl (C=O) groups is 4. The van der Waals surface area contributed by atoms with Gasteiger partial charge < -0.3 is 25.6 Å². The standard InChI is InChI=1S/C45H74N2O7/c1-3-5-7-9-11-13-15-17-19-21-23-26-30-34-40(54-44(51)37-33-29-24-22-20-18-16-14-12-10-8-6-4-2)35-31-27-25-28-32-36-42(49)46-38-43(50)47-41(39-48)45(52)53/h5,7-8,10-11,13-14,16-17,19,23,26,40-41,48H,3-4,6,9,12,15,18,20-22,24-25,27-39H2,1-2H3,(H,46,49)(H,47,50)(H,52,53)/b7-5-,10-8-,13-11-,16-14-,19-17-,26-23-. The van der Waals surface area contributed by atoms with E-state index in [0.29, 0.717) is 12.8 Å². The second-order valence-electron chi connectivity index (χ2n) is 13.7. The summed E-state index contributed by atoms with van der Waals surface area (Å²) in [7, 11) is 0. The van der Waals surface area contributed by atoms with Gasteiger partial charge in [0, 0.05) is 12.8 Å². The van der Waals surface area contributed by atoms with Crippen LogP contribution in [-0.4, -0.2) is 59.3 Å². The van der Waals surface area contributed by atoms with E-state index >= 15 is 0 Å². The molecule has 2 atom stereocenters. The number of carboxylic acids is 1. The van der Waals surface area contributed by atoms with E-state index in [1.165, 1.54) is 19.3 Å². The van der Waals surface area contributed by atoms with E-state index in [1.54, 1.807) is 0 Å². The maximum atomic E-state index is 12.7. The van der Waals surface area contributed by atoms with E-state index in [0.717, 1.165) is 109 Å². The van der Waals surface area contributed by atoms with Gasteiger partial charge in [-0.3, -0.25) is 14.4 Å². The van der Waals surface area contributed by atoms with E-state index in [9.17, 15) is 19.2 Å².